The second-order valence-electron chi connectivity index (χ2n) is 6.05. The average Bonchev–Trinajstić information content (AvgIpc) is 2.43. The first kappa shape index (κ1) is 12.9. The summed E-state index contributed by atoms with van der Waals surface area (Å²) in [4.78, 5) is 0. The van der Waals surface area contributed by atoms with Crippen molar-refractivity contribution in [2.24, 2.45) is 17.8 Å². The summed E-state index contributed by atoms with van der Waals surface area (Å²) in [6.07, 6.45) is 6.83. The van der Waals surface area contributed by atoms with Gasteiger partial charge in [-0.15, -0.1) is 0 Å². The molecule has 2 aliphatic carbocycles. The molecule has 2 aliphatic rings. The molecule has 18 heavy (non-hydrogen) atoms. The van der Waals surface area contributed by atoms with Crippen LogP contribution in [0.4, 0.5) is 0 Å². The van der Waals surface area contributed by atoms with Crippen LogP contribution in [0.1, 0.15) is 36.0 Å². The lowest BCUT2D eigenvalue weighted by molar-refractivity contribution is 0.179. The van der Waals surface area contributed by atoms with Crippen LogP contribution in [0.2, 0.25) is 0 Å². The van der Waals surface area contributed by atoms with Crippen molar-refractivity contribution in [2.45, 2.75) is 37.9 Å². The number of rotatable bonds is 2. The summed E-state index contributed by atoms with van der Waals surface area (Å²) < 4.78 is 0. The first-order valence-corrected chi connectivity index (χ1v) is 8.39. The molecule has 0 saturated heterocycles. The van der Waals surface area contributed by atoms with Crippen LogP contribution in [0, 0.1) is 17.8 Å². The van der Waals surface area contributed by atoms with Crippen LogP contribution in [0.3, 0.4) is 0 Å². The van der Waals surface area contributed by atoms with Crippen LogP contribution in [0.15, 0.2) is 18.2 Å². The maximum absolute atomic E-state index is 4.50. The van der Waals surface area contributed by atoms with Crippen molar-refractivity contribution in [1.82, 2.24) is 0 Å². The Hall–Kier alpha value is -0.0800. The number of hydrogen-bond acceptors (Lipinski definition) is 2. The zero-order chi connectivity index (χ0) is 12.5. The van der Waals surface area contributed by atoms with Crippen molar-refractivity contribution >= 4 is 25.3 Å². The number of benzene rings is 1. The molecular weight excluding hydrogens is 256 g/mol. The third kappa shape index (κ3) is 2.46. The first-order valence-electron chi connectivity index (χ1n) is 7.12. The van der Waals surface area contributed by atoms with E-state index in [1.54, 1.807) is 11.1 Å². The molecule has 98 valence electrons. The fourth-order valence-electron chi connectivity index (χ4n) is 3.84. The highest BCUT2D eigenvalue weighted by atomic mass is 32.1. The van der Waals surface area contributed by atoms with Gasteiger partial charge in [-0.1, -0.05) is 18.2 Å². The van der Waals surface area contributed by atoms with E-state index in [2.05, 4.69) is 43.5 Å². The van der Waals surface area contributed by atoms with Crippen molar-refractivity contribution in [2.75, 3.05) is 5.75 Å². The molecule has 0 N–H and O–H groups in total. The van der Waals surface area contributed by atoms with E-state index in [-0.39, 0.29) is 0 Å². The molecular formula is C16H22S2. The van der Waals surface area contributed by atoms with Crippen LogP contribution < -0.4 is 0 Å². The van der Waals surface area contributed by atoms with E-state index in [4.69, 9.17) is 0 Å². The molecule has 0 aliphatic heterocycles. The Morgan fingerprint density at radius 1 is 1.00 bits per heavy atom. The van der Waals surface area contributed by atoms with Gasteiger partial charge in [-0.3, -0.25) is 0 Å². The van der Waals surface area contributed by atoms with Gasteiger partial charge in [0.1, 0.15) is 0 Å². The van der Waals surface area contributed by atoms with Crippen molar-refractivity contribution in [3.8, 4) is 0 Å². The number of fused-ring (bicyclic) bond motifs is 2. The van der Waals surface area contributed by atoms with E-state index in [1.807, 2.05) is 0 Å². The van der Waals surface area contributed by atoms with Gasteiger partial charge < -0.3 is 0 Å². The molecule has 3 unspecified atom stereocenters. The third-order valence-electron chi connectivity index (χ3n) is 4.92. The molecule has 0 bridgehead atoms. The summed E-state index contributed by atoms with van der Waals surface area (Å²) in [5.41, 5.74) is 4.57. The smallest absolute Gasteiger partial charge is 0.0154 e. The highest BCUT2D eigenvalue weighted by Gasteiger charge is 2.33. The molecule has 1 saturated carbocycles. The maximum atomic E-state index is 4.50. The van der Waals surface area contributed by atoms with Crippen LogP contribution in [-0.4, -0.2) is 5.75 Å². The Balaban J connectivity index is 1.82. The van der Waals surface area contributed by atoms with Gasteiger partial charge in [-0.2, -0.15) is 25.3 Å². The van der Waals surface area contributed by atoms with E-state index in [1.165, 1.54) is 37.7 Å². The van der Waals surface area contributed by atoms with Crippen molar-refractivity contribution in [3.05, 3.63) is 34.9 Å². The van der Waals surface area contributed by atoms with Gasteiger partial charge in [0.2, 0.25) is 0 Å². The van der Waals surface area contributed by atoms with Gasteiger partial charge in [-0.25, -0.2) is 0 Å². The van der Waals surface area contributed by atoms with E-state index < -0.39 is 0 Å². The molecule has 1 aromatic rings. The third-order valence-corrected chi connectivity index (χ3v) is 5.81. The lowest BCUT2D eigenvalue weighted by Gasteiger charge is -2.40. The highest BCUT2D eigenvalue weighted by molar-refractivity contribution is 7.80. The summed E-state index contributed by atoms with van der Waals surface area (Å²) in [7, 11) is 0. The topological polar surface area (TPSA) is 0 Å². The first-order chi connectivity index (χ1) is 8.80. The zero-order valence-electron chi connectivity index (χ0n) is 10.8. The Kier molecular flexibility index (Phi) is 3.95. The minimum Gasteiger partial charge on any atom is -0.179 e. The summed E-state index contributed by atoms with van der Waals surface area (Å²) >= 11 is 8.89. The summed E-state index contributed by atoms with van der Waals surface area (Å²) in [5, 5.41) is 0. The van der Waals surface area contributed by atoms with E-state index in [9.17, 15) is 0 Å². The van der Waals surface area contributed by atoms with Gasteiger partial charge in [-0.05, 0) is 72.3 Å². The molecule has 0 spiro atoms. The van der Waals surface area contributed by atoms with E-state index >= 15 is 0 Å². The van der Waals surface area contributed by atoms with Gasteiger partial charge in [0, 0.05) is 5.75 Å². The molecule has 1 fully saturated rings. The largest absolute Gasteiger partial charge is 0.179 e. The van der Waals surface area contributed by atoms with Gasteiger partial charge in [0.05, 0.1) is 0 Å². The minimum absolute atomic E-state index is 0.862. The van der Waals surface area contributed by atoms with E-state index in [0.29, 0.717) is 0 Å². The lowest BCUT2D eigenvalue weighted by atomic mass is 9.66. The standard InChI is InChI=1S/C16H22S2/c17-9-11-1-3-13-7-14-4-2-12(10-18)6-16(14)8-15(13)5-11/h1,3,5,12,14,16-18H,2,4,6-10H2. The quantitative estimate of drug-likeness (QED) is 0.745. The molecule has 3 rings (SSSR count). The second kappa shape index (κ2) is 5.50. The Labute approximate surface area is 121 Å². The van der Waals surface area contributed by atoms with Crippen molar-refractivity contribution in [1.29, 1.82) is 0 Å². The number of thiol groups is 2. The minimum atomic E-state index is 0.862. The molecule has 1 aromatic carbocycles. The summed E-state index contributed by atoms with van der Waals surface area (Å²) in [6, 6.07) is 7.00. The van der Waals surface area contributed by atoms with Crippen molar-refractivity contribution in [3.63, 3.8) is 0 Å². The Morgan fingerprint density at radius 2 is 1.83 bits per heavy atom. The van der Waals surface area contributed by atoms with Crippen LogP contribution in [-0.2, 0) is 18.6 Å². The van der Waals surface area contributed by atoms with Crippen molar-refractivity contribution < 1.29 is 0 Å². The molecule has 0 aromatic heterocycles. The fraction of sp³-hybridized carbons (Fsp3) is 0.625. The van der Waals surface area contributed by atoms with Gasteiger partial charge in [0.25, 0.3) is 0 Å². The van der Waals surface area contributed by atoms with Crippen LogP contribution in [0.25, 0.3) is 0 Å². The molecule has 2 heteroatoms. The molecule has 0 amide bonds. The summed E-state index contributed by atoms with van der Waals surface area (Å²) in [5.74, 6) is 4.66. The van der Waals surface area contributed by atoms with Gasteiger partial charge >= 0.3 is 0 Å². The predicted molar refractivity (Wildman–Crippen MR) is 84.7 cm³/mol. The van der Waals surface area contributed by atoms with Gasteiger partial charge in [0.15, 0.2) is 0 Å². The Morgan fingerprint density at radius 3 is 2.61 bits per heavy atom. The predicted octanol–water partition coefficient (Wildman–Crippen LogP) is 4.18. The maximum Gasteiger partial charge on any atom is 0.0154 e. The van der Waals surface area contributed by atoms with Crippen LogP contribution >= 0.6 is 25.3 Å². The summed E-state index contributed by atoms with van der Waals surface area (Å²) in [6.45, 7) is 0. The SMILES string of the molecule is SCc1ccc2c(c1)CC1CC(CS)CCC1C2. The Bertz CT molecular complexity index is 427. The monoisotopic (exact) mass is 278 g/mol. The normalized spacial score (nSPS) is 30.7. The number of hydrogen-bond donors (Lipinski definition) is 2. The molecule has 0 heterocycles. The fourth-order valence-corrected chi connectivity index (χ4v) is 4.37. The zero-order valence-corrected chi connectivity index (χ0v) is 12.6. The molecule has 0 radical (unpaired) electrons. The van der Waals surface area contributed by atoms with Crippen LogP contribution in [0.5, 0.6) is 0 Å². The lowest BCUT2D eigenvalue weighted by Crippen LogP contribution is -2.32. The average molecular weight is 278 g/mol. The highest BCUT2D eigenvalue weighted by Crippen LogP contribution is 2.42. The molecule has 3 atom stereocenters. The second-order valence-corrected chi connectivity index (χ2v) is 6.73. The van der Waals surface area contributed by atoms with E-state index in [0.717, 1.165) is 29.3 Å². The molecule has 0 nitrogen and oxygen atoms in total.